The van der Waals surface area contributed by atoms with Crippen LogP contribution in [0.2, 0.25) is 0 Å². The normalized spacial score (nSPS) is 14.3. The van der Waals surface area contributed by atoms with Gasteiger partial charge in [-0.05, 0) is 18.7 Å². The first kappa shape index (κ1) is 20.6. The molecule has 0 spiro atoms. The van der Waals surface area contributed by atoms with E-state index in [1.54, 1.807) is 0 Å². The van der Waals surface area contributed by atoms with Crippen LogP contribution in [0.5, 0.6) is 0 Å². The predicted octanol–water partition coefficient (Wildman–Crippen LogP) is 2.05. The van der Waals surface area contributed by atoms with Crippen LogP contribution in [0, 0.1) is 6.92 Å². The van der Waals surface area contributed by atoms with Gasteiger partial charge >= 0.3 is 0 Å². The van der Waals surface area contributed by atoms with Crippen molar-refractivity contribution in [2.24, 2.45) is 0 Å². The Morgan fingerprint density at radius 1 is 1.27 bits per heavy atom. The number of nitrogens with one attached hydrogen (secondary N) is 1. The molecule has 9 heteroatoms. The van der Waals surface area contributed by atoms with Gasteiger partial charge < -0.3 is 15.0 Å². The number of benzene rings is 1. The summed E-state index contributed by atoms with van der Waals surface area (Å²) in [6.07, 6.45) is 4.16. The number of fused-ring (bicyclic) bond motifs is 1. The number of morpholine rings is 1. The van der Waals surface area contributed by atoms with Gasteiger partial charge in [0.2, 0.25) is 5.91 Å². The number of aromatic nitrogens is 4. The topological polar surface area (TPSA) is 85.2 Å². The quantitative estimate of drug-likeness (QED) is 0.457. The lowest BCUT2D eigenvalue weighted by molar-refractivity contribution is -0.120. The molecule has 0 bridgehead atoms. The van der Waals surface area contributed by atoms with Gasteiger partial charge in [0.1, 0.15) is 5.82 Å². The summed E-state index contributed by atoms with van der Waals surface area (Å²) in [5.41, 5.74) is 2.97. The smallest absolute Gasteiger partial charge is 0.224 e. The second-order valence-electron chi connectivity index (χ2n) is 7.25. The van der Waals surface area contributed by atoms with Crippen molar-refractivity contribution in [3.05, 3.63) is 41.6 Å². The molecule has 1 N–H and O–H groups in total. The zero-order chi connectivity index (χ0) is 20.9. The van der Waals surface area contributed by atoms with Crippen molar-refractivity contribution in [3.8, 4) is 0 Å². The van der Waals surface area contributed by atoms with Gasteiger partial charge in [0, 0.05) is 19.6 Å². The van der Waals surface area contributed by atoms with E-state index in [4.69, 9.17) is 9.72 Å². The summed E-state index contributed by atoms with van der Waals surface area (Å²) in [6, 6.07) is 8.01. The van der Waals surface area contributed by atoms with Crippen LogP contribution >= 0.6 is 11.8 Å². The van der Waals surface area contributed by atoms with E-state index in [-0.39, 0.29) is 5.91 Å². The SMILES string of the molecule is CSc1nc(N2CCOCC2)c2cnn(CCNC(=O)Cc3cccc(C)c3)c2n1. The molecule has 0 atom stereocenters. The van der Waals surface area contributed by atoms with Gasteiger partial charge in [0.05, 0.1) is 37.8 Å². The molecular weight excluding hydrogens is 400 g/mol. The minimum atomic E-state index is 0.00509. The number of carbonyl (C=O) groups is 1. The van der Waals surface area contributed by atoms with Gasteiger partial charge in [-0.2, -0.15) is 5.10 Å². The molecule has 1 amide bonds. The van der Waals surface area contributed by atoms with Crippen molar-refractivity contribution in [1.29, 1.82) is 0 Å². The fourth-order valence-corrected chi connectivity index (χ4v) is 3.92. The van der Waals surface area contributed by atoms with Crippen LogP contribution in [0.25, 0.3) is 11.0 Å². The highest BCUT2D eigenvalue weighted by molar-refractivity contribution is 7.98. The minimum Gasteiger partial charge on any atom is -0.378 e. The molecule has 0 radical (unpaired) electrons. The maximum atomic E-state index is 12.3. The Labute approximate surface area is 180 Å². The lowest BCUT2D eigenvalue weighted by atomic mass is 10.1. The van der Waals surface area contributed by atoms with Crippen LogP contribution in [0.15, 0.2) is 35.6 Å². The Balaban J connectivity index is 1.44. The highest BCUT2D eigenvalue weighted by atomic mass is 32.2. The number of carbonyl (C=O) groups excluding carboxylic acids is 1. The van der Waals surface area contributed by atoms with E-state index in [9.17, 15) is 4.79 Å². The van der Waals surface area contributed by atoms with E-state index < -0.39 is 0 Å². The summed E-state index contributed by atoms with van der Waals surface area (Å²) in [5, 5.41) is 9.15. The highest BCUT2D eigenvalue weighted by Crippen LogP contribution is 2.27. The van der Waals surface area contributed by atoms with Crippen molar-refractivity contribution in [1.82, 2.24) is 25.1 Å². The van der Waals surface area contributed by atoms with E-state index >= 15 is 0 Å². The molecule has 1 aromatic carbocycles. The molecule has 2 aromatic heterocycles. The summed E-state index contributed by atoms with van der Waals surface area (Å²) in [6.45, 7) is 6.08. The molecule has 1 saturated heterocycles. The molecule has 0 unspecified atom stereocenters. The molecule has 0 saturated carbocycles. The number of hydrogen-bond donors (Lipinski definition) is 1. The first-order valence-corrected chi connectivity index (χ1v) is 11.3. The second kappa shape index (κ2) is 9.44. The average Bonchev–Trinajstić information content (AvgIpc) is 3.16. The van der Waals surface area contributed by atoms with Crippen molar-refractivity contribution >= 4 is 34.5 Å². The summed E-state index contributed by atoms with van der Waals surface area (Å²) in [5.74, 6) is 0.910. The van der Waals surface area contributed by atoms with E-state index in [0.717, 1.165) is 41.1 Å². The summed E-state index contributed by atoms with van der Waals surface area (Å²) < 4.78 is 7.31. The van der Waals surface area contributed by atoms with Crippen molar-refractivity contribution in [3.63, 3.8) is 0 Å². The number of amides is 1. The van der Waals surface area contributed by atoms with Gasteiger partial charge in [-0.3, -0.25) is 4.79 Å². The van der Waals surface area contributed by atoms with Gasteiger partial charge in [-0.15, -0.1) is 0 Å². The summed E-state index contributed by atoms with van der Waals surface area (Å²) in [7, 11) is 0. The van der Waals surface area contributed by atoms with E-state index in [1.165, 1.54) is 11.8 Å². The van der Waals surface area contributed by atoms with Crippen molar-refractivity contribution < 1.29 is 9.53 Å². The Morgan fingerprint density at radius 2 is 2.10 bits per heavy atom. The number of thioether (sulfide) groups is 1. The maximum absolute atomic E-state index is 12.3. The standard InChI is InChI=1S/C21H26N6O2S/c1-15-4-3-5-16(12-15)13-18(28)22-6-7-27-20-17(14-23-27)19(24-21(25-20)30-2)26-8-10-29-11-9-26/h3-5,12,14H,6-11,13H2,1-2H3,(H,22,28). The molecule has 1 aliphatic rings. The van der Waals surface area contributed by atoms with Gasteiger partial charge in [0.15, 0.2) is 10.8 Å². The van der Waals surface area contributed by atoms with Crippen LogP contribution in [-0.2, 0) is 22.5 Å². The zero-order valence-corrected chi connectivity index (χ0v) is 18.1. The number of aryl methyl sites for hydroxylation is 1. The Bertz CT molecular complexity index is 1030. The Kier molecular flexibility index (Phi) is 6.49. The number of hydrogen-bond acceptors (Lipinski definition) is 7. The molecule has 4 rings (SSSR count). The van der Waals surface area contributed by atoms with E-state index in [1.807, 2.05) is 48.3 Å². The lowest BCUT2D eigenvalue weighted by Crippen LogP contribution is -2.37. The van der Waals surface area contributed by atoms with Crippen molar-refractivity contribution in [2.45, 2.75) is 25.0 Å². The minimum absolute atomic E-state index is 0.00509. The van der Waals surface area contributed by atoms with Crippen LogP contribution in [-0.4, -0.2) is 64.8 Å². The molecule has 30 heavy (non-hydrogen) atoms. The third-order valence-electron chi connectivity index (χ3n) is 5.04. The molecule has 3 aromatic rings. The monoisotopic (exact) mass is 426 g/mol. The second-order valence-corrected chi connectivity index (χ2v) is 8.03. The number of nitrogens with zero attached hydrogens (tertiary/aromatic N) is 5. The third-order valence-corrected chi connectivity index (χ3v) is 5.59. The largest absolute Gasteiger partial charge is 0.378 e. The molecule has 8 nitrogen and oxygen atoms in total. The van der Waals surface area contributed by atoms with Crippen LogP contribution in [0.4, 0.5) is 5.82 Å². The Morgan fingerprint density at radius 3 is 2.87 bits per heavy atom. The molecule has 3 heterocycles. The number of rotatable bonds is 7. The molecule has 1 fully saturated rings. The van der Waals surface area contributed by atoms with Gasteiger partial charge in [-0.25, -0.2) is 14.6 Å². The average molecular weight is 427 g/mol. The summed E-state index contributed by atoms with van der Waals surface area (Å²) in [4.78, 5) is 23.9. The number of ether oxygens (including phenoxy) is 1. The van der Waals surface area contributed by atoms with Gasteiger partial charge in [0.25, 0.3) is 0 Å². The fraction of sp³-hybridized carbons (Fsp3) is 0.429. The van der Waals surface area contributed by atoms with Gasteiger partial charge in [-0.1, -0.05) is 41.6 Å². The fourth-order valence-electron chi connectivity index (χ4n) is 3.56. The van der Waals surface area contributed by atoms with Crippen molar-refractivity contribution in [2.75, 3.05) is 44.0 Å². The summed E-state index contributed by atoms with van der Waals surface area (Å²) >= 11 is 1.51. The molecule has 1 aliphatic heterocycles. The predicted molar refractivity (Wildman–Crippen MR) is 118 cm³/mol. The first-order chi connectivity index (χ1) is 14.6. The van der Waals surface area contributed by atoms with Crippen LogP contribution in [0.1, 0.15) is 11.1 Å². The molecular formula is C21H26N6O2S. The first-order valence-electron chi connectivity index (χ1n) is 10.1. The molecule has 158 valence electrons. The lowest BCUT2D eigenvalue weighted by Gasteiger charge is -2.28. The Hall–Kier alpha value is -2.65. The van der Waals surface area contributed by atoms with Crippen LogP contribution in [0.3, 0.4) is 0 Å². The third kappa shape index (κ3) is 4.73. The number of anilines is 1. The van der Waals surface area contributed by atoms with E-state index in [2.05, 4.69) is 20.3 Å². The maximum Gasteiger partial charge on any atom is 0.224 e. The van der Waals surface area contributed by atoms with Crippen LogP contribution < -0.4 is 10.2 Å². The highest BCUT2D eigenvalue weighted by Gasteiger charge is 2.20. The zero-order valence-electron chi connectivity index (χ0n) is 17.3. The van der Waals surface area contributed by atoms with E-state index in [0.29, 0.717) is 37.9 Å². The molecule has 0 aliphatic carbocycles.